The lowest BCUT2D eigenvalue weighted by molar-refractivity contribution is -0.195. The summed E-state index contributed by atoms with van der Waals surface area (Å²) >= 11 is 0. The van der Waals surface area contributed by atoms with E-state index < -0.39 is 14.6 Å². The minimum Gasteiger partial charge on any atom is -0.414 e. The maximum absolute atomic E-state index is 10.5. The van der Waals surface area contributed by atoms with Crippen LogP contribution in [0.1, 0.15) is 142 Å². The summed E-state index contributed by atoms with van der Waals surface area (Å²) in [7, 11) is -1.90. The topological polar surface area (TPSA) is 47.9 Å². The third-order valence-electron chi connectivity index (χ3n) is 9.09. The number of hydrogen-bond acceptors (Lipinski definition) is 4. The van der Waals surface area contributed by atoms with Gasteiger partial charge in [0.15, 0.2) is 14.6 Å². The van der Waals surface area contributed by atoms with E-state index in [1.165, 1.54) is 89.0 Å². The van der Waals surface area contributed by atoms with Gasteiger partial charge in [-0.05, 0) is 43.0 Å². The molecule has 1 aliphatic heterocycles. The van der Waals surface area contributed by atoms with E-state index in [-0.39, 0.29) is 23.4 Å². The Morgan fingerprint density at radius 2 is 1.40 bits per heavy atom. The maximum atomic E-state index is 10.5. The van der Waals surface area contributed by atoms with Crippen molar-refractivity contribution in [2.24, 2.45) is 0 Å². The molecule has 2 rings (SSSR count). The fraction of sp³-hybridized carbons (Fsp3) is 0.829. The highest BCUT2D eigenvalue weighted by atomic mass is 28.4. The smallest absolute Gasteiger partial charge is 0.192 e. The lowest BCUT2D eigenvalue weighted by Crippen LogP contribution is -2.48. The average molecular weight is 577 g/mol. The standard InChI is InChI=1S/C35H64O4Si/c1-7-8-9-10-11-12-13-14-15-16-17-18-22-25-31(37-29-30-23-20-19-21-24-30)26-32-27-33(28-34(36)38-32)39-40(5,6)35(2,3)4/h19-21,23-24,31-34,36H,7-18,22,25-29H2,1-6H3/t31-,32+,33-,34?/m1/s1. The normalized spacial score (nSPS) is 21.0. The van der Waals surface area contributed by atoms with Crippen LogP contribution < -0.4 is 0 Å². The van der Waals surface area contributed by atoms with E-state index in [9.17, 15) is 5.11 Å². The van der Waals surface area contributed by atoms with E-state index in [2.05, 4.69) is 65.1 Å². The number of hydrogen-bond donors (Lipinski definition) is 1. The predicted octanol–water partition coefficient (Wildman–Crippen LogP) is 10.3. The second-order valence-electron chi connectivity index (χ2n) is 13.9. The monoisotopic (exact) mass is 576 g/mol. The van der Waals surface area contributed by atoms with Crippen LogP contribution in [0.3, 0.4) is 0 Å². The summed E-state index contributed by atoms with van der Waals surface area (Å²) in [5.74, 6) is 0. The van der Waals surface area contributed by atoms with Crippen molar-refractivity contribution in [3.05, 3.63) is 35.9 Å². The highest BCUT2D eigenvalue weighted by Gasteiger charge is 2.41. The van der Waals surface area contributed by atoms with Crippen LogP contribution in [0.5, 0.6) is 0 Å². The van der Waals surface area contributed by atoms with Crippen molar-refractivity contribution in [1.29, 1.82) is 0 Å². The molecule has 0 radical (unpaired) electrons. The molecule has 4 atom stereocenters. The van der Waals surface area contributed by atoms with Crippen LogP contribution >= 0.6 is 0 Å². The molecule has 1 N–H and O–H groups in total. The summed E-state index contributed by atoms with van der Waals surface area (Å²) in [4.78, 5) is 0. The quantitative estimate of drug-likeness (QED) is 0.117. The second kappa shape index (κ2) is 19.5. The molecule has 0 saturated carbocycles. The van der Waals surface area contributed by atoms with Crippen molar-refractivity contribution in [3.8, 4) is 0 Å². The number of ether oxygens (including phenoxy) is 2. The van der Waals surface area contributed by atoms with E-state index in [1.807, 2.05) is 6.07 Å². The SMILES string of the molecule is CCCCCCCCCCCCCCC[C@H](C[C@H]1C[C@@H](O[Si](C)(C)C(C)(C)C)CC(O)O1)OCc1ccccc1. The van der Waals surface area contributed by atoms with Crippen molar-refractivity contribution < 1.29 is 19.0 Å². The third-order valence-corrected chi connectivity index (χ3v) is 13.6. The fourth-order valence-corrected chi connectivity index (χ4v) is 6.91. The molecule has 1 unspecified atom stereocenters. The fourth-order valence-electron chi connectivity index (χ4n) is 5.53. The summed E-state index contributed by atoms with van der Waals surface area (Å²) in [6, 6.07) is 10.5. The summed E-state index contributed by atoms with van der Waals surface area (Å²) in [6.45, 7) is 14.3. The first-order chi connectivity index (χ1) is 19.1. The van der Waals surface area contributed by atoms with Crippen LogP contribution in [0.25, 0.3) is 0 Å². The van der Waals surface area contributed by atoms with Gasteiger partial charge >= 0.3 is 0 Å². The van der Waals surface area contributed by atoms with Crippen LogP contribution in [0.2, 0.25) is 18.1 Å². The Morgan fingerprint density at radius 3 is 1.95 bits per heavy atom. The van der Waals surface area contributed by atoms with Gasteiger partial charge in [0.05, 0.1) is 24.9 Å². The summed E-state index contributed by atoms with van der Waals surface area (Å²) in [6.07, 6.45) is 20.5. The minimum atomic E-state index is -1.90. The Bertz CT molecular complexity index is 748. The van der Waals surface area contributed by atoms with Crippen LogP contribution in [0.4, 0.5) is 0 Å². The van der Waals surface area contributed by atoms with Gasteiger partial charge in [-0.25, -0.2) is 0 Å². The molecule has 1 saturated heterocycles. The van der Waals surface area contributed by atoms with Crippen molar-refractivity contribution in [1.82, 2.24) is 0 Å². The van der Waals surface area contributed by atoms with Crippen molar-refractivity contribution >= 4 is 8.32 Å². The summed E-state index contributed by atoms with van der Waals surface area (Å²) in [5, 5.41) is 10.7. The largest absolute Gasteiger partial charge is 0.414 e. The molecule has 4 nitrogen and oxygen atoms in total. The van der Waals surface area contributed by atoms with Crippen LogP contribution in [-0.4, -0.2) is 38.0 Å². The molecule has 232 valence electrons. The highest BCUT2D eigenvalue weighted by Crippen LogP contribution is 2.39. The molecule has 0 aliphatic carbocycles. The molecule has 1 aromatic carbocycles. The molecule has 1 aromatic rings. The second-order valence-corrected chi connectivity index (χ2v) is 18.6. The first-order valence-corrected chi connectivity index (χ1v) is 19.7. The van der Waals surface area contributed by atoms with E-state index in [0.29, 0.717) is 13.0 Å². The van der Waals surface area contributed by atoms with Crippen LogP contribution in [-0.2, 0) is 20.5 Å². The van der Waals surface area contributed by atoms with Crippen molar-refractivity contribution in [3.63, 3.8) is 0 Å². The van der Waals surface area contributed by atoms with E-state index in [4.69, 9.17) is 13.9 Å². The van der Waals surface area contributed by atoms with Gasteiger partial charge in [0.2, 0.25) is 0 Å². The Balaban J connectivity index is 1.76. The molecule has 1 aliphatic rings. The van der Waals surface area contributed by atoms with Gasteiger partial charge in [-0.1, -0.05) is 141 Å². The van der Waals surface area contributed by atoms with Gasteiger partial charge < -0.3 is 19.0 Å². The molecule has 0 spiro atoms. The molecule has 0 aromatic heterocycles. The van der Waals surface area contributed by atoms with E-state index in [0.717, 1.165) is 19.3 Å². The molecule has 0 amide bonds. The number of unbranched alkanes of at least 4 members (excludes halogenated alkanes) is 12. The van der Waals surface area contributed by atoms with Gasteiger partial charge in [0.25, 0.3) is 0 Å². The summed E-state index contributed by atoms with van der Waals surface area (Å²) < 4.78 is 19.2. The van der Waals surface area contributed by atoms with Gasteiger partial charge in [-0.2, -0.15) is 0 Å². The first kappa shape index (κ1) is 35.5. The molecule has 40 heavy (non-hydrogen) atoms. The first-order valence-electron chi connectivity index (χ1n) is 16.8. The molecule has 0 bridgehead atoms. The Labute approximate surface area is 249 Å². The van der Waals surface area contributed by atoms with E-state index in [1.54, 1.807) is 0 Å². The van der Waals surface area contributed by atoms with Crippen LogP contribution in [0, 0.1) is 0 Å². The zero-order valence-corrected chi connectivity index (χ0v) is 28.1. The lowest BCUT2D eigenvalue weighted by atomic mass is 9.97. The lowest BCUT2D eigenvalue weighted by Gasteiger charge is -2.42. The van der Waals surface area contributed by atoms with Crippen LogP contribution in [0.15, 0.2) is 30.3 Å². The summed E-state index contributed by atoms with van der Waals surface area (Å²) in [5.41, 5.74) is 1.21. The molecule has 1 fully saturated rings. The number of aliphatic hydroxyl groups is 1. The Morgan fingerprint density at radius 1 is 0.850 bits per heavy atom. The number of aliphatic hydroxyl groups excluding tert-OH is 1. The number of benzene rings is 1. The van der Waals surface area contributed by atoms with E-state index >= 15 is 0 Å². The van der Waals surface area contributed by atoms with Gasteiger partial charge in [0.1, 0.15) is 0 Å². The zero-order valence-electron chi connectivity index (χ0n) is 27.1. The van der Waals surface area contributed by atoms with Crippen molar-refractivity contribution in [2.75, 3.05) is 0 Å². The van der Waals surface area contributed by atoms with Gasteiger partial charge in [-0.15, -0.1) is 0 Å². The average Bonchev–Trinajstić information content (AvgIpc) is 2.89. The highest BCUT2D eigenvalue weighted by molar-refractivity contribution is 6.74. The maximum Gasteiger partial charge on any atom is 0.192 e. The number of rotatable bonds is 21. The Kier molecular flexibility index (Phi) is 17.3. The van der Waals surface area contributed by atoms with Gasteiger partial charge in [-0.3, -0.25) is 0 Å². The predicted molar refractivity (Wildman–Crippen MR) is 172 cm³/mol. The third kappa shape index (κ3) is 15.0. The van der Waals surface area contributed by atoms with Crippen molar-refractivity contribution in [2.45, 2.75) is 186 Å². The minimum absolute atomic E-state index is 0.0266. The molecular formula is C35H64O4Si. The molecule has 1 heterocycles. The zero-order chi connectivity index (χ0) is 29.3. The molecule has 5 heteroatoms. The Hall–Kier alpha value is -0.723. The van der Waals surface area contributed by atoms with Gasteiger partial charge in [0, 0.05) is 6.42 Å². The molecular weight excluding hydrogens is 512 g/mol.